The van der Waals surface area contributed by atoms with Crippen molar-refractivity contribution in [1.82, 2.24) is 0 Å². The van der Waals surface area contributed by atoms with E-state index in [4.69, 9.17) is 37.7 Å². The van der Waals surface area contributed by atoms with Crippen LogP contribution in [0.5, 0.6) is 0 Å². The van der Waals surface area contributed by atoms with Crippen molar-refractivity contribution in [2.24, 2.45) is 0 Å². The van der Waals surface area contributed by atoms with Crippen LogP contribution in [0, 0.1) is 0 Å². The summed E-state index contributed by atoms with van der Waals surface area (Å²) >= 11 is -3.06. The first-order valence-electron chi connectivity index (χ1n) is 0.478. The predicted octanol–water partition coefficient (Wildman–Crippen LogP) is 2.75. The van der Waals surface area contributed by atoms with Gasteiger partial charge in [0, 0.05) is 21.1 Å². The average Bonchev–Trinajstić information content (AvgIpc) is 0.722. The molecule has 0 aliphatic carbocycles. The van der Waals surface area contributed by atoms with Gasteiger partial charge in [-0.1, -0.05) is 0 Å². The third-order valence-electron chi connectivity index (χ3n) is 0. The van der Waals surface area contributed by atoms with E-state index in [1.165, 1.54) is 0 Å². The summed E-state index contributed by atoms with van der Waals surface area (Å²) in [6.07, 6.45) is 0. The molecule has 0 bridgehead atoms. The van der Waals surface area contributed by atoms with E-state index in [0.29, 0.717) is 0 Å². The summed E-state index contributed by atoms with van der Waals surface area (Å²) in [5.41, 5.74) is 0. The molecule has 0 radical (unpaired) electrons. The fourth-order valence-electron chi connectivity index (χ4n) is 0. The van der Waals surface area contributed by atoms with Crippen LogP contribution < -0.4 is 0 Å². The predicted molar refractivity (Wildman–Crippen MR) is 23.4 cm³/mol. The van der Waals surface area contributed by atoms with Crippen molar-refractivity contribution in [3.05, 3.63) is 0 Å². The third kappa shape index (κ3) is 31.1. The summed E-state index contributed by atoms with van der Waals surface area (Å²) in [4.78, 5) is 0. The van der Waals surface area contributed by atoms with Gasteiger partial charge in [-0.3, -0.25) is 0 Å². The Morgan fingerprint density at radius 1 is 0.833 bits per heavy atom. The first-order valence-corrected chi connectivity index (χ1v) is 11.7. The second-order valence-corrected chi connectivity index (χ2v) is 20.0. The van der Waals surface area contributed by atoms with Gasteiger partial charge in [-0.05, 0) is 0 Å². The number of rotatable bonds is 0. The summed E-state index contributed by atoms with van der Waals surface area (Å²) in [6.45, 7) is 0. The number of hydrogen-bond acceptors (Lipinski definition) is 0. The Morgan fingerprint density at radius 3 is 0.833 bits per heavy atom. The first-order chi connectivity index (χ1) is 2.00. The van der Waals surface area contributed by atoms with Crippen LogP contribution in [0.25, 0.3) is 0 Å². The Morgan fingerprint density at radius 2 is 0.833 bits per heavy atom. The van der Waals surface area contributed by atoms with Gasteiger partial charge in [0.25, 0.3) is 0 Å². The summed E-state index contributed by atoms with van der Waals surface area (Å²) in [7, 11) is 20.0. The zero-order valence-corrected chi connectivity index (χ0v) is 9.71. The summed E-state index contributed by atoms with van der Waals surface area (Å²) in [5, 5.41) is 0. The van der Waals surface area contributed by atoms with E-state index in [1.54, 1.807) is 0 Å². The molecular formula is Cl4Pt2. The van der Waals surface area contributed by atoms with Crippen LogP contribution in [-0.4, -0.2) is 0 Å². The van der Waals surface area contributed by atoms with Crippen molar-refractivity contribution in [2.45, 2.75) is 0 Å². The van der Waals surface area contributed by atoms with Crippen LogP contribution in [0.15, 0.2) is 0 Å². The molecule has 0 heterocycles. The third-order valence-corrected chi connectivity index (χ3v) is 0. The second kappa shape index (κ2) is 4.42. The van der Waals surface area contributed by atoms with Crippen LogP contribution in [-0.2, 0) is 33.0 Å². The van der Waals surface area contributed by atoms with Gasteiger partial charge in [0.15, 0.2) is 0 Å². The van der Waals surface area contributed by atoms with Gasteiger partial charge in [-0.15, -0.1) is 0 Å². The van der Waals surface area contributed by atoms with E-state index >= 15 is 0 Å². The Balaban J connectivity index is 0. The molecule has 0 rings (SSSR count). The smallest absolute Gasteiger partial charge is 0 e. The molecule has 6 heteroatoms. The molecule has 0 nitrogen and oxygen atoms in total. The molecule has 0 saturated carbocycles. The molecule has 0 amide bonds. The Bertz CT molecular complexity index is 21.0. The molecule has 0 fully saturated rings. The largest absolute Gasteiger partial charge is 0 e. The van der Waals surface area contributed by atoms with Gasteiger partial charge in [0.1, 0.15) is 0 Å². The maximum atomic E-state index is 5.01. The van der Waals surface area contributed by atoms with Crippen molar-refractivity contribution in [2.75, 3.05) is 0 Å². The van der Waals surface area contributed by atoms with Crippen LogP contribution >= 0.6 is 37.7 Å². The van der Waals surface area contributed by atoms with E-state index in [0.717, 1.165) is 0 Å². The number of halogens is 4. The van der Waals surface area contributed by atoms with Crippen molar-refractivity contribution in [1.29, 1.82) is 0 Å². The molecule has 0 aliphatic heterocycles. The zero-order chi connectivity index (χ0) is 4.50. The second-order valence-electron chi connectivity index (χ2n) is 0.271. The van der Waals surface area contributed by atoms with Gasteiger partial charge in [-0.2, -0.15) is 0 Å². The normalized spacial score (nSPS) is 12.7. The molecule has 0 aromatic rings. The van der Waals surface area contributed by atoms with Crippen molar-refractivity contribution < 1.29 is 33.0 Å². The maximum Gasteiger partial charge on any atom is 0 e. The molecule has 6 heavy (non-hydrogen) atoms. The molecule has 0 aromatic carbocycles. The average molecular weight is 532 g/mol. The van der Waals surface area contributed by atoms with Crippen LogP contribution in [0.1, 0.15) is 0 Å². The Labute approximate surface area is 69.6 Å². The van der Waals surface area contributed by atoms with E-state index in [-0.39, 0.29) is 21.1 Å². The van der Waals surface area contributed by atoms with Gasteiger partial charge < -0.3 is 0 Å². The molecule has 0 atom stereocenters. The minimum absolute atomic E-state index is 0. The minimum Gasteiger partial charge on any atom is 0 e. The molecule has 0 unspecified atom stereocenters. The van der Waals surface area contributed by atoms with Crippen molar-refractivity contribution in [3.8, 4) is 0 Å². The summed E-state index contributed by atoms with van der Waals surface area (Å²) in [5.74, 6) is 0. The maximum absolute atomic E-state index is 5.01. The van der Waals surface area contributed by atoms with Crippen LogP contribution in [0.4, 0.5) is 0 Å². The Hall–Kier alpha value is 2.54. The quantitative estimate of drug-likeness (QED) is 0.451. The van der Waals surface area contributed by atoms with E-state index < -0.39 is 11.9 Å². The summed E-state index contributed by atoms with van der Waals surface area (Å²) < 4.78 is 0. The standard InChI is InChI=1S/4ClH.2Pt/h4*1H;;/q;;;;;+4/p-4. The fourth-order valence-corrected chi connectivity index (χ4v) is 0. The SMILES string of the molecule is [Cl][Pt]([Cl])([Cl])[Cl].[Pt]. The molecule has 0 spiro atoms. The van der Waals surface area contributed by atoms with Crippen LogP contribution in [0.2, 0.25) is 0 Å². The Kier molecular flexibility index (Phi) is 8.36. The first kappa shape index (κ1) is 11.3. The topological polar surface area (TPSA) is 0 Å². The molecule has 0 saturated heterocycles. The number of hydrogen-bond donors (Lipinski definition) is 0. The zero-order valence-electron chi connectivity index (χ0n) is 2.14. The summed E-state index contributed by atoms with van der Waals surface area (Å²) in [6, 6.07) is 0. The van der Waals surface area contributed by atoms with Gasteiger partial charge in [0.2, 0.25) is 0 Å². The monoisotopic (exact) mass is 530 g/mol. The van der Waals surface area contributed by atoms with Crippen LogP contribution in [0.3, 0.4) is 0 Å². The van der Waals surface area contributed by atoms with Crippen molar-refractivity contribution in [3.63, 3.8) is 0 Å². The van der Waals surface area contributed by atoms with E-state index in [2.05, 4.69) is 0 Å². The van der Waals surface area contributed by atoms with Gasteiger partial charge in [-0.25, -0.2) is 0 Å². The molecule has 0 aliphatic rings. The molecule has 48 valence electrons. The van der Waals surface area contributed by atoms with Gasteiger partial charge >= 0.3 is 49.6 Å². The molecular weight excluding hydrogens is 532 g/mol. The molecule has 0 N–H and O–H groups in total. The van der Waals surface area contributed by atoms with Gasteiger partial charge in [0.05, 0.1) is 0 Å². The van der Waals surface area contributed by atoms with E-state index in [9.17, 15) is 0 Å². The fraction of sp³-hybridized carbons (Fsp3) is 0. The van der Waals surface area contributed by atoms with E-state index in [1.807, 2.05) is 0 Å². The van der Waals surface area contributed by atoms with Crippen molar-refractivity contribution >= 4 is 37.7 Å². The minimum atomic E-state index is -3.06. The molecule has 0 aromatic heterocycles.